The van der Waals surface area contributed by atoms with E-state index in [1.807, 2.05) is 18.2 Å². The number of aromatic nitrogens is 2. The Morgan fingerprint density at radius 1 is 1.28 bits per heavy atom. The molecule has 0 aliphatic heterocycles. The van der Waals surface area contributed by atoms with Crippen LogP contribution in [0, 0.1) is 0 Å². The molecule has 5 heteroatoms. The van der Waals surface area contributed by atoms with E-state index in [-0.39, 0.29) is 0 Å². The summed E-state index contributed by atoms with van der Waals surface area (Å²) in [5.41, 5.74) is 8.41. The predicted molar refractivity (Wildman–Crippen MR) is 73.8 cm³/mol. The monoisotopic (exact) mass is 257 g/mol. The number of nitrogens with zero attached hydrogens (tertiary/aromatic N) is 2. The highest BCUT2D eigenvalue weighted by atomic mass is 32.1. The minimum absolute atomic E-state index is 0.691. The summed E-state index contributed by atoms with van der Waals surface area (Å²) in [4.78, 5) is 8.66. The van der Waals surface area contributed by atoms with Crippen LogP contribution in [0.1, 0.15) is 0 Å². The van der Waals surface area contributed by atoms with Crippen molar-refractivity contribution in [2.24, 2.45) is 0 Å². The smallest absolute Gasteiger partial charge is 0.128 e. The van der Waals surface area contributed by atoms with E-state index in [9.17, 15) is 0 Å². The Morgan fingerprint density at radius 3 is 2.94 bits per heavy atom. The minimum Gasteiger partial charge on any atom is -0.497 e. The fourth-order valence-corrected chi connectivity index (χ4v) is 2.71. The van der Waals surface area contributed by atoms with Gasteiger partial charge in [-0.3, -0.25) is 4.98 Å². The van der Waals surface area contributed by atoms with Crippen LogP contribution in [0.2, 0.25) is 0 Å². The average molecular weight is 257 g/mol. The lowest BCUT2D eigenvalue weighted by Gasteiger charge is -1.98. The molecule has 3 rings (SSSR count). The molecule has 18 heavy (non-hydrogen) atoms. The topological polar surface area (TPSA) is 61.0 Å². The van der Waals surface area contributed by atoms with Gasteiger partial charge in [-0.05, 0) is 18.2 Å². The van der Waals surface area contributed by atoms with Crippen LogP contribution in [0.4, 0.5) is 5.69 Å². The maximum atomic E-state index is 5.93. The molecule has 2 heterocycles. The molecule has 0 spiro atoms. The maximum Gasteiger partial charge on any atom is 0.128 e. The Kier molecular flexibility index (Phi) is 2.60. The molecule has 0 saturated heterocycles. The number of methoxy groups -OCH3 is 1. The predicted octanol–water partition coefficient (Wildman–Crippen LogP) is 2.95. The number of rotatable bonds is 2. The molecule has 1 aromatic carbocycles. The highest BCUT2D eigenvalue weighted by Gasteiger charge is 2.09. The van der Waals surface area contributed by atoms with Gasteiger partial charge in [-0.15, -0.1) is 11.3 Å². The summed E-state index contributed by atoms with van der Waals surface area (Å²) < 4.78 is 6.29. The van der Waals surface area contributed by atoms with Gasteiger partial charge in [0, 0.05) is 24.1 Å². The molecule has 0 unspecified atom stereocenters. The fraction of sp³-hybridized carbons (Fsp3) is 0.0769. The summed E-state index contributed by atoms with van der Waals surface area (Å²) in [6, 6.07) is 7.63. The second-order valence-electron chi connectivity index (χ2n) is 3.82. The lowest BCUT2D eigenvalue weighted by Crippen LogP contribution is -1.89. The van der Waals surface area contributed by atoms with E-state index in [0.29, 0.717) is 5.69 Å². The van der Waals surface area contributed by atoms with Crippen molar-refractivity contribution in [3.63, 3.8) is 0 Å². The van der Waals surface area contributed by atoms with E-state index in [4.69, 9.17) is 10.5 Å². The summed E-state index contributed by atoms with van der Waals surface area (Å²) >= 11 is 1.60. The van der Waals surface area contributed by atoms with Crippen molar-refractivity contribution in [2.75, 3.05) is 12.8 Å². The Labute approximate surface area is 108 Å². The SMILES string of the molecule is COc1ccc2sc(-c3cnccc3N)nc2c1. The normalized spacial score (nSPS) is 10.7. The molecule has 0 radical (unpaired) electrons. The Balaban J connectivity index is 2.17. The van der Waals surface area contributed by atoms with Crippen LogP contribution in [0.5, 0.6) is 5.75 Å². The summed E-state index contributed by atoms with van der Waals surface area (Å²) in [6.07, 6.45) is 3.42. The number of hydrogen-bond donors (Lipinski definition) is 1. The van der Waals surface area contributed by atoms with Gasteiger partial charge in [0.25, 0.3) is 0 Å². The van der Waals surface area contributed by atoms with E-state index < -0.39 is 0 Å². The number of anilines is 1. The molecule has 0 aliphatic rings. The Hall–Kier alpha value is -2.14. The molecule has 90 valence electrons. The minimum atomic E-state index is 0.691. The number of benzene rings is 1. The Bertz CT molecular complexity index is 708. The third-order valence-electron chi connectivity index (χ3n) is 2.68. The van der Waals surface area contributed by atoms with Crippen LogP contribution >= 0.6 is 11.3 Å². The van der Waals surface area contributed by atoms with Crippen LogP contribution in [-0.4, -0.2) is 17.1 Å². The van der Waals surface area contributed by atoms with E-state index in [2.05, 4.69) is 9.97 Å². The number of nitrogens with two attached hydrogens (primary N) is 1. The molecule has 2 N–H and O–H groups in total. The van der Waals surface area contributed by atoms with Crippen LogP contribution < -0.4 is 10.5 Å². The van der Waals surface area contributed by atoms with E-state index in [1.165, 1.54) is 0 Å². The highest BCUT2D eigenvalue weighted by Crippen LogP contribution is 2.33. The van der Waals surface area contributed by atoms with Gasteiger partial charge in [-0.1, -0.05) is 0 Å². The molecule has 0 saturated carbocycles. The second-order valence-corrected chi connectivity index (χ2v) is 4.85. The van der Waals surface area contributed by atoms with Gasteiger partial charge in [0.05, 0.1) is 22.9 Å². The molecule has 0 amide bonds. The van der Waals surface area contributed by atoms with Crippen LogP contribution in [-0.2, 0) is 0 Å². The lowest BCUT2D eigenvalue weighted by atomic mass is 10.2. The summed E-state index contributed by atoms with van der Waals surface area (Å²) in [6.45, 7) is 0. The first-order chi connectivity index (χ1) is 8.78. The standard InChI is InChI=1S/C13H11N3OS/c1-17-8-2-3-12-11(6-8)16-13(18-12)9-7-15-5-4-10(9)14/h2-7H,1H3,(H2,14,15). The zero-order valence-corrected chi connectivity index (χ0v) is 10.6. The Morgan fingerprint density at radius 2 is 2.17 bits per heavy atom. The van der Waals surface area contributed by atoms with Crippen molar-refractivity contribution in [2.45, 2.75) is 0 Å². The first kappa shape index (κ1) is 11.0. The quantitative estimate of drug-likeness (QED) is 0.766. The number of nitrogen functional groups attached to an aromatic ring is 1. The molecule has 4 nitrogen and oxygen atoms in total. The summed E-state index contributed by atoms with van der Waals surface area (Å²) in [7, 11) is 1.65. The zero-order chi connectivity index (χ0) is 12.5. The van der Waals surface area contributed by atoms with Gasteiger partial charge < -0.3 is 10.5 Å². The van der Waals surface area contributed by atoms with Crippen molar-refractivity contribution in [3.8, 4) is 16.3 Å². The van der Waals surface area contributed by atoms with Crippen molar-refractivity contribution in [1.29, 1.82) is 0 Å². The summed E-state index contributed by atoms with van der Waals surface area (Å²) in [5.74, 6) is 0.804. The van der Waals surface area contributed by atoms with Crippen LogP contribution in [0.15, 0.2) is 36.7 Å². The van der Waals surface area contributed by atoms with Gasteiger partial charge in [0.2, 0.25) is 0 Å². The van der Waals surface area contributed by atoms with Gasteiger partial charge in [0.15, 0.2) is 0 Å². The molecule has 0 fully saturated rings. The number of hydrogen-bond acceptors (Lipinski definition) is 5. The van der Waals surface area contributed by atoms with E-state index >= 15 is 0 Å². The van der Waals surface area contributed by atoms with Crippen LogP contribution in [0.25, 0.3) is 20.8 Å². The molecule has 0 atom stereocenters. The van der Waals surface area contributed by atoms with Crippen molar-refractivity contribution in [1.82, 2.24) is 9.97 Å². The molecule has 0 bridgehead atoms. The number of ether oxygens (including phenoxy) is 1. The molecular weight excluding hydrogens is 246 g/mol. The van der Waals surface area contributed by atoms with Gasteiger partial charge in [-0.2, -0.15) is 0 Å². The number of thiazole rings is 1. The highest BCUT2D eigenvalue weighted by molar-refractivity contribution is 7.21. The number of fused-ring (bicyclic) bond motifs is 1. The first-order valence-corrected chi connectivity index (χ1v) is 6.24. The van der Waals surface area contributed by atoms with Crippen molar-refractivity contribution >= 4 is 27.2 Å². The molecular formula is C13H11N3OS. The zero-order valence-electron chi connectivity index (χ0n) is 9.75. The molecule has 3 aromatic rings. The molecule has 2 aromatic heterocycles. The maximum absolute atomic E-state index is 5.93. The van der Waals surface area contributed by atoms with E-state index in [0.717, 1.165) is 26.5 Å². The van der Waals surface area contributed by atoms with Crippen molar-refractivity contribution < 1.29 is 4.74 Å². The largest absolute Gasteiger partial charge is 0.497 e. The van der Waals surface area contributed by atoms with Gasteiger partial charge in [-0.25, -0.2) is 4.98 Å². The van der Waals surface area contributed by atoms with Crippen molar-refractivity contribution in [3.05, 3.63) is 36.7 Å². The van der Waals surface area contributed by atoms with Gasteiger partial charge >= 0.3 is 0 Å². The third kappa shape index (κ3) is 1.78. The van der Waals surface area contributed by atoms with E-state index in [1.54, 1.807) is 36.9 Å². The molecule has 0 aliphatic carbocycles. The van der Waals surface area contributed by atoms with Crippen LogP contribution in [0.3, 0.4) is 0 Å². The lowest BCUT2D eigenvalue weighted by molar-refractivity contribution is 0.415. The van der Waals surface area contributed by atoms with Gasteiger partial charge in [0.1, 0.15) is 10.8 Å². The summed E-state index contributed by atoms with van der Waals surface area (Å²) in [5, 5.41) is 0.879. The third-order valence-corrected chi connectivity index (χ3v) is 3.75. The second kappa shape index (κ2) is 4.27. The first-order valence-electron chi connectivity index (χ1n) is 5.42. The fourth-order valence-electron chi connectivity index (χ4n) is 1.73. The average Bonchev–Trinajstić information content (AvgIpc) is 2.81. The number of pyridine rings is 1.